The van der Waals surface area contributed by atoms with Crippen LogP contribution in [0.5, 0.6) is 11.5 Å². The summed E-state index contributed by atoms with van der Waals surface area (Å²) in [5.41, 5.74) is 0.564. The number of hydrogen-bond acceptors (Lipinski definition) is 6. The number of rotatable bonds is 4. The average Bonchev–Trinajstić information content (AvgIpc) is 2.85. The van der Waals surface area contributed by atoms with Crippen molar-refractivity contribution in [1.82, 2.24) is 9.55 Å². The van der Waals surface area contributed by atoms with Crippen LogP contribution in [0.25, 0.3) is 0 Å². The summed E-state index contributed by atoms with van der Waals surface area (Å²) in [5, 5.41) is 13.3. The predicted molar refractivity (Wildman–Crippen MR) is 79.6 cm³/mol. The van der Waals surface area contributed by atoms with Crippen molar-refractivity contribution in [3.8, 4) is 11.5 Å². The summed E-state index contributed by atoms with van der Waals surface area (Å²) < 4.78 is 12.4. The Morgan fingerprint density at radius 2 is 2.13 bits per heavy atom. The zero-order valence-electron chi connectivity index (χ0n) is 12.1. The minimum absolute atomic E-state index is 0.0741. The topological polar surface area (TPSA) is 109 Å². The molecule has 0 radical (unpaired) electrons. The molecule has 1 aliphatic heterocycles. The minimum atomic E-state index is -0.613. The smallest absolute Gasteiger partial charge is 0.381 e. The monoisotopic (exact) mass is 318 g/mol. The maximum absolute atomic E-state index is 12.0. The van der Waals surface area contributed by atoms with Crippen molar-refractivity contribution >= 4 is 17.4 Å². The van der Waals surface area contributed by atoms with Gasteiger partial charge in [-0.05, 0) is 22.0 Å². The Hall–Kier alpha value is -3.10. The molecule has 9 heteroatoms. The lowest BCUT2D eigenvalue weighted by atomic mass is 10.2. The molecule has 23 heavy (non-hydrogen) atoms. The van der Waals surface area contributed by atoms with Gasteiger partial charge < -0.3 is 29.5 Å². The molecule has 1 aliphatic rings. The van der Waals surface area contributed by atoms with Crippen LogP contribution in [0.3, 0.4) is 0 Å². The zero-order chi connectivity index (χ0) is 16.2. The van der Waals surface area contributed by atoms with Crippen molar-refractivity contribution in [2.75, 3.05) is 18.5 Å². The van der Waals surface area contributed by atoms with E-state index in [2.05, 4.69) is 10.3 Å². The highest BCUT2D eigenvalue weighted by Gasteiger charge is 2.14. The van der Waals surface area contributed by atoms with Crippen LogP contribution in [0.1, 0.15) is 6.42 Å². The van der Waals surface area contributed by atoms with Gasteiger partial charge in [-0.15, -0.1) is 0 Å². The Morgan fingerprint density at radius 3 is 2.87 bits per heavy atom. The fourth-order valence-electron chi connectivity index (χ4n) is 2.14. The van der Waals surface area contributed by atoms with E-state index >= 15 is 0 Å². The minimum Gasteiger partial charge on any atom is -0.490 e. The quantitative estimate of drug-likeness (QED) is 0.677. The maximum atomic E-state index is 12.0. The van der Waals surface area contributed by atoms with Gasteiger partial charge in [-0.2, -0.15) is 0 Å². The van der Waals surface area contributed by atoms with Gasteiger partial charge in [0, 0.05) is 18.2 Å². The highest BCUT2D eigenvalue weighted by atomic mass is 16.6. The largest absolute Gasteiger partial charge is 0.490 e. The number of anilines is 1. The van der Waals surface area contributed by atoms with Crippen LogP contribution in [0, 0.1) is 10.1 Å². The van der Waals surface area contributed by atoms with Crippen LogP contribution in [0.4, 0.5) is 11.5 Å². The highest BCUT2D eigenvalue weighted by molar-refractivity contribution is 5.90. The first kappa shape index (κ1) is 14.8. The van der Waals surface area contributed by atoms with E-state index in [9.17, 15) is 14.9 Å². The molecule has 0 atom stereocenters. The molecule has 2 heterocycles. The van der Waals surface area contributed by atoms with Crippen molar-refractivity contribution in [1.29, 1.82) is 0 Å². The number of nitrogens with zero attached hydrogens (tertiary/aromatic N) is 3. The number of amides is 1. The SMILES string of the molecule is O=C(Cn1cnc([N+](=O)[O-])c1)Nc1ccc2c(c1)OCCCO2. The number of carbonyl (C=O) groups is 1. The van der Waals surface area contributed by atoms with Crippen molar-refractivity contribution in [3.05, 3.63) is 40.8 Å². The third kappa shape index (κ3) is 3.57. The first-order chi connectivity index (χ1) is 11.1. The number of imidazole rings is 1. The fourth-order valence-corrected chi connectivity index (χ4v) is 2.14. The van der Waals surface area contributed by atoms with Gasteiger partial charge in [0.15, 0.2) is 11.5 Å². The van der Waals surface area contributed by atoms with Crippen LogP contribution in [0.15, 0.2) is 30.7 Å². The molecular formula is C14H14N4O5. The number of ether oxygens (including phenoxy) is 2. The van der Waals surface area contributed by atoms with Crippen molar-refractivity contribution in [3.63, 3.8) is 0 Å². The lowest BCUT2D eigenvalue weighted by Crippen LogP contribution is -2.17. The zero-order valence-corrected chi connectivity index (χ0v) is 12.1. The lowest BCUT2D eigenvalue weighted by Gasteiger charge is -2.10. The van der Waals surface area contributed by atoms with Gasteiger partial charge in [0.25, 0.3) is 0 Å². The van der Waals surface area contributed by atoms with E-state index in [1.807, 2.05) is 0 Å². The Balaban J connectivity index is 1.65. The van der Waals surface area contributed by atoms with Gasteiger partial charge in [0.1, 0.15) is 12.7 Å². The molecule has 2 aromatic rings. The molecule has 0 saturated carbocycles. The molecular weight excluding hydrogens is 304 g/mol. The van der Waals surface area contributed by atoms with E-state index < -0.39 is 4.92 Å². The standard InChI is InChI=1S/C14H14N4O5/c19-14(8-17-7-13(15-9-17)18(20)21)16-10-2-3-11-12(6-10)23-5-1-4-22-11/h2-3,6-7,9H,1,4-5,8H2,(H,16,19). The Kier molecular flexibility index (Phi) is 4.09. The third-order valence-corrected chi connectivity index (χ3v) is 3.16. The van der Waals surface area contributed by atoms with E-state index in [4.69, 9.17) is 9.47 Å². The second-order valence-electron chi connectivity index (χ2n) is 4.92. The number of aromatic nitrogens is 2. The number of nitro groups is 1. The molecule has 1 amide bonds. The van der Waals surface area contributed by atoms with Crippen molar-refractivity contribution < 1.29 is 19.2 Å². The van der Waals surface area contributed by atoms with Gasteiger partial charge in [-0.25, -0.2) is 0 Å². The molecule has 0 aliphatic carbocycles. The molecule has 0 saturated heterocycles. The van der Waals surface area contributed by atoms with Gasteiger partial charge in [-0.3, -0.25) is 4.79 Å². The van der Waals surface area contributed by atoms with E-state index in [0.29, 0.717) is 30.4 Å². The molecule has 9 nitrogen and oxygen atoms in total. The maximum Gasteiger partial charge on any atom is 0.381 e. The summed E-state index contributed by atoms with van der Waals surface area (Å²) in [6.07, 6.45) is 3.25. The van der Waals surface area contributed by atoms with Gasteiger partial charge in [-0.1, -0.05) is 0 Å². The van der Waals surface area contributed by atoms with E-state index in [0.717, 1.165) is 6.42 Å². The Morgan fingerprint density at radius 1 is 1.35 bits per heavy atom. The molecule has 1 aromatic heterocycles. The number of carbonyl (C=O) groups excluding carboxylic acids is 1. The molecule has 3 rings (SSSR count). The first-order valence-electron chi connectivity index (χ1n) is 6.97. The molecule has 0 bridgehead atoms. The summed E-state index contributed by atoms with van der Waals surface area (Å²) in [7, 11) is 0. The summed E-state index contributed by atoms with van der Waals surface area (Å²) in [6, 6.07) is 5.13. The average molecular weight is 318 g/mol. The van der Waals surface area contributed by atoms with E-state index in [1.165, 1.54) is 17.1 Å². The molecule has 0 spiro atoms. The third-order valence-electron chi connectivity index (χ3n) is 3.16. The van der Waals surface area contributed by atoms with Gasteiger partial charge in [0.05, 0.1) is 13.2 Å². The number of benzene rings is 1. The Bertz CT molecular complexity index is 743. The van der Waals surface area contributed by atoms with Crippen LogP contribution >= 0.6 is 0 Å². The second-order valence-corrected chi connectivity index (χ2v) is 4.92. The van der Waals surface area contributed by atoms with Crippen molar-refractivity contribution in [2.45, 2.75) is 13.0 Å². The van der Waals surface area contributed by atoms with E-state index in [-0.39, 0.29) is 18.3 Å². The summed E-state index contributed by atoms with van der Waals surface area (Å²) in [4.78, 5) is 25.5. The summed E-state index contributed by atoms with van der Waals surface area (Å²) in [6.45, 7) is 1.08. The predicted octanol–water partition coefficient (Wildman–Crippen LogP) is 1.59. The number of hydrogen-bond donors (Lipinski definition) is 1. The van der Waals surface area contributed by atoms with Crippen LogP contribution < -0.4 is 14.8 Å². The van der Waals surface area contributed by atoms with Gasteiger partial charge in [0.2, 0.25) is 12.2 Å². The number of fused-ring (bicyclic) bond motifs is 1. The van der Waals surface area contributed by atoms with Crippen LogP contribution in [-0.2, 0) is 11.3 Å². The first-order valence-corrected chi connectivity index (χ1v) is 6.97. The second kappa shape index (κ2) is 6.34. The molecule has 0 fully saturated rings. The summed E-state index contributed by atoms with van der Waals surface area (Å²) in [5.74, 6) is 0.601. The number of nitrogens with one attached hydrogen (secondary N) is 1. The molecule has 1 N–H and O–H groups in total. The molecule has 120 valence electrons. The van der Waals surface area contributed by atoms with Crippen molar-refractivity contribution in [2.24, 2.45) is 0 Å². The Labute approximate surface area is 131 Å². The van der Waals surface area contributed by atoms with Crippen LogP contribution in [0.2, 0.25) is 0 Å². The fraction of sp³-hybridized carbons (Fsp3) is 0.286. The summed E-state index contributed by atoms with van der Waals surface area (Å²) >= 11 is 0. The highest BCUT2D eigenvalue weighted by Crippen LogP contribution is 2.32. The van der Waals surface area contributed by atoms with Gasteiger partial charge >= 0.3 is 5.82 Å². The lowest BCUT2D eigenvalue weighted by molar-refractivity contribution is -0.389. The molecule has 0 unspecified atom stereocenters. The molecule has 1 aromatic carbocycles. The van der Waals surface area contributed by atoms with Crippen LogP contribution in [-0.4, -0.2) is 33.6 Å². The normalized spacial score (nSPS) is 13.2. The van der Waals surface area contributed by atoms with E-state index in [1.54, 1.807) is 18.2 Å².